The van der Waals surface area contributed by atoms with Crippen LogP contribution in [0.5, 0.6) is 0 Å². The van der Waals surface area contributed by atoms with Crippen molar-refractivity contribution < 1.29 is 4.79 Å². The number of rotatable bonds is 4. The van der Waals surface area contributed by atoms with Crippen molar-refractivity contribution in [2.24, 2.45) is 0 Å². The molecule has 1 atom stereocenters. The van der Waals surface area contributed by atoms with Gasteiger partial charge < -0.3 is 10.2 Å². The first-order valence-electron chi connectivity index (χ1n) is 5.98. The fraction of sp³-hybridized carbons (Fsp3) is 0.583. The molecule has 0 radical (unpaired) electrons. The number of nitrogens with one attached hydrogen (secondary N) is 1. The molecule has 1 saturated heterocycles. The van der Waals surface area contributed by atoms with Crippen LogP contribution in [0, 0.1) is 2.88 Å². The quantitative estimate of drug-likeness (QED) is 0.833. The van der Waals surface area contributed by atoms with E-state index < -0.39 is 0 Å². The number of nitrogens with zero attached hydrogens (tertiary/aromatic N) is 1. The Morgan fingerprint density at radius 3 is 3.06 bits per heavy atom. The van der Waals surface area contributed by atoms with Crippen LogP contribution in [0.15, 0.2) is 11.4 Å². The van der Waals surface area contributed by atoms with Crippen molar-refractivity contribution in [2.45, 2.75) is 25.8 Å². The van der Waals surface area contributed by atoms with Crippen LogP contribution in [0.3, 0.4) is 0 Å². The van der Waals surface area contributed by atoms with Crippen molar-refractivity contribution in [1.29, 1.82) is 0 Å². The Bertz CT molecular complexity index is 388. The van der Waals surface area contributed by atoms with Gasteiger partial charge in [-0.15, -0.1) is 11.3 Å². The minimum atomic E-state index is 0.194. The highest BCUT2D eigenvalue weighted by molar-refractivity contribution is 14.1. The molecule has 17 heavy (non-hydrogen) atoms. The molecule has 1 fully saturated rings. The van der Waals surface area contributed by atoms with E-state index in [0.29, 0.717) is 6.04 Å². The molecule has 0 aliphatic carbocycles. The lowest BCUT2D eigenvalue weighted by Crippen LogP contribution is -2.41. The smallest absolute Gasteiger partial charge is 0.255 e. The zero-order valence-corrected chi connectivity index (χ0v) is 12.9. The van der Waals surface area contributed by atoms with Gasteiger partial charge in [-0.1, -0.05) is 6.92 Å². The van der Waals surface area contributed by atoms with Crippen molar-refractivity contribution in [2.75, 3.05) is 19.6 Å². The molecule has 1 N–H and O–H groups in total. The summed E-state index contributed by atoms with van der Waals surface area (Å²) in [6.07, 6.45) is 2.09. The number of halogens is 1. The SMILES string of the molecule is CCCN(C(=O)c1csc(I)c1)C1CCNC1. The van der Waals surface area contributed by atoms with Crippen LogP contribution in [0.2, 0.25) is 0 Å². The third-order valence-electron chi connectivity index (χ3n) is 3.01. The maximum atomic E-state index is 12.4. The number of carbonyl (C=O) groups is 1. The highest BCUT2D eigenvalue weighted by Gasteiger charge is 2.26. The van der Waals surface area contributed by atoms with E-state index in [0.717, 1.165) is 38.0 Å². The van der Waals surface area contributed by atoms with Gasteiger partial charge in [0.05, 0.1) is 8.45 Å². The summed E-state index contributed by atoms with van der Waals surface area (Å²) in [5.74, 6) is 0.194. The van der Waals surface area contributed by atoms with Gasteiger partial charge in [0.25, 0.3) is 5.91 Å². The van der Waals surface area contributed by atoms with E-state index >= 15 is 0 Å². The summed E-state index contributed by atoms with van der Waals surface area (Å²) in [7, 11) is 0. The zero-order valence-electron chi connectivity index (χ0n) is 9.91. The second-order valence-corrected chi connectivity index (χ2v) is 7.09. The average molecular weight is 364 g/mol. The third kappa shape index (κ3) is 3.20. The number of hydrogen-bond acceptors (Lipinski definition) is 3. The van der Waals surface area contributed by atoms with E-state index in [1.165, 1.54) is 2.88 Å². The van der Waals surface area contributed by atoms with Crippen molar-refractivity contribution in [3.05, 3.63) is 19.9 Å². The van der Waals surface area contributed by atoms with Crippen molar-refractivity contribution in [3.63, 3.8) is 0 Å². The number of carbonyl (C=O) groups excluding carboxylic acids is 1. The van der Waals surface area contributed by atoms with Crippen molar-refractivity contribution >= 4 is 39.8 Å². The summed E-state index contributed by atoms with van der Waals surface area (Å²) < 4.78 is 1.17. The maximum absolute atomic E-state index is 12.4. The molecule has 2 rings (SSSR count). The summed E-state index contributed by atoms with van der Waals surface area (Å²) in [5, 5.41) is 5.30. The summed E-state index contributed by atoms with van der Waals surface area (Å²) in [6, 6.07) is 2.36. The largest absolute Gasteiger partial charge is 0.334 e. The van der Waals surface area contributed by atoms with Gasteiger partial charge in [-0.2, -0.15) is 0 Å². The zero-order chi connectivity index (χ0) is 12.3. The van der Waals surface area contributed by atoms with E-state index in [1.807, 2.05) is 16.3 Å². The normalized spacial score (nSPS) is 19.5. The van der Waals surface area contributed by atoms with Gasteiger partial charge in [-0.05, 0) is 48.0 Å². The highest BCUT2D eigenvalue weighted by atomic mass is 127. The van der Waals surface area contributed by atoms with Gasteiger partial charge in [-0.3, -0.25) is 4.79 Å². The minimum absolute atomic E-state index is 0.194. The Morgan fingerprint density at radius 1 is 1.71 bits per heavy atom. The topological polar surface area (TPSA) is 32.3 Å². The van der Waals surface area contributed by atoms with E-state index in [-0.39, 0.29) is 5.91 Å². The molecule has 1 aromatic rings. The Labute approximate surface area is 120 Å². The molecule has 1 amide bonds. The lowest BCUT2D eigenvalue weighted by molar-refractivity contribution is 0.0693. The van der Waals surface area contributed by atoms with Crippen LogP contribution in [0.1, 0.15) is 30.1 Å². The molecule has 1 unspecified atom stereocenters. The Kier molecular flexibility index (Phi) is 4.81. The van der Waals surface area contributed by atoms with Crippen LogP contribution >= 0.6 is 33.9 Å². The first kappa shape index (κ1) is 13.3. The van der Waals surface area contributed by atoms with E-state index in [1.54, 1.807) is 11.3 Å². The maximum Gasteiger partial charge on any atom is 0.255 e. The number of amides is 1. The molecule has 5 heteroatoms. The summed E-state index contributed by atoms with van der Waals surface area (Å²) in [5.41, 5.74) is 0.847. The van der Waals surface area contributed by atoms with Crippen molar-refractivity contribution in [1.82, 2.24) is 10.2 Å². The molecule has 3 nitrogen and oxygen atoms in total. The first-order chi connectivity index (χ1) is 8.22. The van der Waals surface area contributed by atoms with Crippen LogP contribution in [-0.2, 0) is 0 Å². The monoisotopic (exact) mass is 364 g/mol. The van der Waals surface area contributed by atoms with Gasteiger partial charge in [0.1, 0.15) is 0 Å². The molecule has 0 aromatic carbocycles. The summed E-state index contributed by atoms with van der Waals surface area (Å²) >= 11 is 3.90. The fourth-order valence-electron chi connectivity index (χ4n) is 2.18. The number of thiophene rings is 1. The number of hydrogen-bond donors (Lipinski definition) is 1. The van der Waals surface area contributed by atoms with Crippen molar-refractivity contribution in [3.8, 4) is 0 Å². The standard InChI is InChI=1S/C12H17IN2OS/c1-2-5-15(10-3-4-14-7-10)12(16)9-6-11(13)17-8-9/h6,8,10,14H,2-5,7H2,1H3. The molecule has 0 spiro atoms. The first-order valence-corrected chi connectivity index (χ1v) is 7.94. The fourth-order valence-corrected chi connectivity index (χ4v) is 3.50. The van der Waals surface area contributed by atoms with Gasteiger partial charge >= 0.3 is 0 Å². The highest BCUT2D eigenvalue weighted by Crippen LogP contribution is 2.20. The third-order valence-corrected chi connectivity index (χ3v) is 4.80. The molecular formula is C12H17IN2OS. The van der Waals surface area contributed by atoms with E-state index in [4.69, 9.17) is 0 Å². The molecule has 94 valence electrons. The summed E-state index contributed by atoms with van der Waals surface area (Å²) in [4.78, 5) is 14.5. The van der Waals surface area contributed by atoms with Crippen LogP contribution in [0.25, 0.3) is 0 Å². The van der Waals surface area contributed by atoms with E-state index in [9.17, 15) is 4.79 Å². The minimum Gasteiger partial charge on any atom is -0.334 e. The van der Waals surface area contributed by atoms with E-state index in [2.05, 4.69) is 34.8 Å². The Hall–Kier alpha value is -0.140. The molecule has 0 saturated carbocycles. The van der Waals surface area contributed by atoms with Crippen LogP contribution < -0.4 is 5.32 Å². The van der Waals surface area contributed by atoms with Gasteiger partial charge in [0, 0.05) is 24.5 Å². The lowest BCUT2D eigenvalue weighted by atomic mass is 10.1. The van der Waals surface area contributed by atoms with Crippen LogP contribution in [-0.4, -0.2) is 36.5 Å². The van der Waals surface area contributed by atoms with Gasteiger partial charge in [0.15, 0.2) is 0 Å². The van der Waals surface area contributed by atoms with Gasteiger partial charge in [-0.25, -0.2) is 0 Å². The lowest BCUT2D eigenvalue weighted by Gasteiger charge is -2.27. The Morgan fingerprint density at radius 2 is 2.53 bits per heavy atom. The average Bonchev–Trinajstić information content (AvgIpc) is 2.95. The molecule has 1 aliphatic rings. The molecule has 1 aromatic heterocycles. The predicted octanol–water partition coefficient (Wildman–Crippen LogP) is 2.57. The predicted molar refractivity (Wildman–Crippen MR) is 79.6 cm³/mol. The Balaban J connectivity index is 2.12. The second-order valence-electron chi connectivity index (χ2n) is 4.28. The molecule has 1 aliphatic heterocycles. The molecule has 2 heterocycles. The van der Waals surface area contributed by atoms with Gasteiger partial charge in [0.2, 0.25) is 0 Å². The van der Waals surface area contributed by atoms with Crippen LogP contribution in [0.4, 0.5) is 0 Å². The summed E-state index contributed by atoms with van der Waals surface area (Å²) in [6.45, 7) is 4.95. The molecule has 0 bridgehead atoms. The second kappa shape index (κ2) is 6.15. The molecular weight excluding hydrogens is 347 g/mol.